The molecule has 1 aliphatic carbocycles. The first-order valence-corrected chi connectivity index (χ1v) is 10.9. The van der Waals surface area contributed by atoms with Crippen molar-refractivity contribution in [3.8, 4) is 6.07 Å². The molecule has 1 aromatic carbocycles. The number of hydrogen-bond donors (Lipinski definition) is 0. The second-order valence-electron chi connectivity index (χ2n) is 9.43. The Hall–Kier alpha value is -2.46. The quantitative estimate of drug-likeness (QED) is 0.747. The lowest BCUT2D eigenvalue weighted by atomic mass is 10.0. The van der Waals surface area contributed by atoms with E-state index < -0.39 is 0 Å². The van der Waals surface area contributed by atoms with Crippen molar-refractivity contribution in [2.24, 2.45) is 11.8 Å². The number of hydrogen-bond acceptors (Lipinski definition) is 4. The van der Waals surface area contributed by atoms with Crippen LogP contribution in [0.15, 0.2) is 24.3 Å². The standard InChI is InChI=1S/C23H27FN4O2/c1-13(22(29)28-18(10-25)7-16-8-20(16)28)11-26-12-19-9-21(26)23(30)27(19)14(2)15-4-3-5-17(24)6-15/h3-6,13-14,16,18-21H,7-9,11-12H2,1-2H3/t13-,14+,16+,18-,19?,20?,21-/m0/s1. The number of benzene rings is 1. The van der Waals surface area contributed by atoms with Gasteiger partial charge in [-0.3, -0.25) is 14.5 Å². The lowest BCUT2D eigenvalue weighted by Gasteiger charge is -2.38. The topological polar surface area (TPSA) is 67.7 Å². The van der Waals surface area contributed by atoms with Crippen LogP contribution in [0.2, 0.25) is 0 Å². The number of carbonyl (C=O) groups excluding carboxylic acids is 2. The third-order valence-electron chi connectivity index (χ3n) is 7.50. The minimum Gasteiger partial charge on any atom is -0.330 e. The fraction of sp³-hybridized carbons (Fsp3) is 0.609. The molecule has 0 spiro atoms. The molecule has 0 aromatic heterocycles. The Bertz CT molecular complexity index is 930. The van der Waals surface area contributed by atoms with Gasteiger partial charge in [0.05, 0.1) is 18.2 Å². The number of nitrogens with zero attached hydrogens (tertiary/aromatic N) is 4. The number of amides is 2. The van der Waals surface area contributed by atoms with E-state index in [1.165, 1.54) is 12.1 Å². The third kappa shape index (κ3) is 3.01. The summed E-state index contributed by atoms with van der Waals surface area (Å²) in [6.07, 6.45) is 2.59. The molecule has 1 saturated carbocycles. The van der Waals surface area contributed by atoms with Crippen LogP contribution in [-0.2, 0) is 9.59 Å². The molecular formula is C23H27FN4O2. The number of rotatable bonds is 5. The lowest BCUT2D eigenvalue weighted by molar-refractivity contribution is -0.142. The van der Waals surface area contributed by atoms with Gasteiger partial charge in [0.25, 0.3) is 0 Å². The predicted molar refractivity (Wildman–Crippen MR) is 107 cm³/mol. The van der Waals surface area contributed by atoms with Crippen LogP contribution in [0, 0.1) is 29.0 Å². The fourth-order valence-electron chi connectivity index (χ4n) is 5.90. The minimum absolute atomic E-state index is 0.0479. The maximum Gasteiger partial charge on any atom is 0.240 e. The van der Waals surface area contributed by atoms with Crippen LogP contribution in [0.25, 0.3) is 0 Å². The molecule has 2 amide bonds. The molecule has 4 aliphatic rings. The summed E-state index contributed by atoms with van der Waals surface area (Å²) in [6.45, 7) is 5.14. The molecule has 5 rings (SSSR count). The molecule has 0 radical (unpaired) electrons. The number of piperazine rings is 1. The Kier molecular flexibility index (Phi) is 4.59. The molecule has 158 valence electrons. The van der Waals surface area contributed by atoms with Crippen LogP contribution < -0.4 is 0 Å². The van der Waals surface area contributed by atoms with E-state index in [-0.39, 0.29) is 53.8 Å². The molecule has 2 bridgehead atoms. The summed E-state index contributed by atoms with van der Waals surface area (Å²) in [5.74, 6) is 0.0999. The third-order valence-corrected chi connectivity index (χ3v) is 7.50. The van der Waals surface area contributed by atoms with E-state index in [1.54, 1.807) is 6.07 Å². The highest BCUT2D eigenvalue weighted by atomic mass is 19.1. The summed E-state index contributed by atoms with van der Waals surface area (Å²) in [6, 6.07) is 8.40. The molecule has 1 aromatic rings. The number of carbonyl (C=O) groups is 2. The van der Waals surface area contributed by atoms with E-state index in [2.05, 4.69) is 11.0 Å². The highest BCUT2D eigenvalue weighted by molar-refractivity contribution is 5.86. The Balaban J connectivity index is 1.24. The monoisotopic (exact) mass is 410 g/mol. The summed E-state index contributed by atoms with van der Waals surface area (Å²) in [4.78, 5) is 32.0. The normalized spacial score (nSPS) is 34.1. The van der Waals surface area contributed by atoms with Gasteiger partial charge in [-0.15, -0.1) is 0 Å². The molecule has 6 nitrogen and oxygen atoms in total. The van der Waals surface area contributed by atoms with Crippen LogP contribution in [-0.4, -0.2) is 63.8 Å². The number of likely N-dealkylation sites (tertiary alicyclic amines) is 3. The van der Waals surface area contributed by atoms with Gasteiger partial charge in [0, 0.05) is 31.1 Å². The fourth-order valence-corrected chi connectivity index (χ4v) is 5.90. The van der Waals surface area contributed by atoms with Crippen molar-refractivity contribution in [2.45, 2.75) is 63.3 Å². The van der Waals surface area contributed by atoms with Crippen molar-refractivity contribution in [3.63, 3.8) is 0 Å². The van der Waals surface area contributed by atoms with Gasteiger partial charge in [-0.05, 0) is 49.8 Å². The molecule has 30 heavy (non-hydrogen) atoms. The summed E-state index contributed by atoms with van der Waals surface area (Å²) >= 11 is 0. The largest absolute Gasteiger partial charge is 0.330 e. The average molecular weight is 410 g/mol. The maximum absolute atomic E-state index is 13.6. The van der Waals surface area contributed by atoms with Crippen molar-refractivity contribution in [1.29, 1.82) is 5.26 Å². The Morgan fingerprint density at radius 3 is 2.80 bits per heavy atom. The highest BCUT2D eigenvalue weighted by Crippen LogP contribution is 2.48. The van der Waals surface area contributed by atoms with Gasteiger partial charge in [0.15, 0.2) is 0 Å². The number of nitriles is 1. The van der Waals surface area contributed by atoms with Gasteiger partial charge in [-0.2, -0.15) is 5.26 Å². The molecule has 3 saturated heterocycles. The molecule has 3 heterocycles. The SMILES string of the molecule is C[C@H](c1cccc(F)c1)N1C(=O)[C@@H]2CC1CN2C[C@H](C)C(=O)N1C2C[C@H]2C[C@H]1C#N. The van der Waals surface area contributed by atoms with Gasteiger partial charge >= 0.3 is 0 Å². The lowest BCUT2D eigenvalue weighted by Crippen LogP contribution is -2.53. The molecule has 4 fully saturated rings. The predicted octanol–water partition coefficient (Wildman–Crippen LogP) is 2.32. The zero-order chi connectivity index (χ0) is 21.2. The Morgan fingerprint density at radius 2 is 2.10 bits per heavy atom. The van der Waals surface area contributed by atoms with Crippen LogP contribution in [0.1, 0.15) is 44.7 Å². The first kappa shape index (κ1) is 19.5. The van der Waals surface area contributed by atoms with Crippen molar-refractivity contribution < 1.29 is 14.0 Å². The first-order valence-electron chi connectivity index (χ1n) is 10.9. The van der Waals surface area contributed by atoms with Gasteiger partial charge in [0.1, 0.15) is 11.9 Å². The van der Waals surface area contributed by atoms with E-state index in [4.69, 9.17) is 0 Å². The maximum atomic E-state index is 13.6. The summed E-state index contributed by atoms with van der Waals surface area (Å²) in [5, 5.41) is 9.37. The summed E-state index contributed by atoms with van der Waals surface area (Å²) in [7, 11) is 0. The van der Waals surface area contributed by atoms with E-state index in [0.717, 1.165) is 31.4 Å². The van der Waals surface area contributed by atoms with E-state index >= 15 is 0 Å². The van der Waals surface area contributed by atoms with Crippen molar-refractivity contribution in [3.05, 3.63) is 35.6 Å². The van der Waals surface area contributed by atoms with Gasteiger partial charge in [0.2, 0.25) is 11.8 Å². The summed E-state index contributed by atoms with van der Waals surface area (Å²) in [5.41, 5.74) is 0.807. The average Bonchev–Trinajstić information content (AvgIpc) is 3.06. The van der Waals surface area contributed by atoms with Gasteiger partial charge in [-0.1, -0.05) is 19.1 Å². The van der Waals surface area contributed by atoms with Crippen molar-refractivity contribution in [1.82, 2.24) is 14.7 Å². The minimum atomic E-state index is -0.291. The van der Waals surface area contributed by atoms with Crippen LogP contribution in [0.4, 0.5) is 4.39 Å². The van der Waals surface area contributed by atoms with Crippen molar-refractivity contribution in [2.75, 3.05) is 13.1 Å². The zero-order valence-corrected chi connectivity index (χ0v) is 17.4. The summed E-state index contributed by atoms with van der Waals surface area (Å²) < 4.78 is 13.6. The van der Waals surface area contributed by atoms with Gasteiger partial charge in [-0.25, -0.2) is 4.39 Å². The van der Waals surface area contributed by atoms with Crippen LogP contribution in [0.3, 0.4) is 0 Å². The molecule has 3 aliphatic heterocycles. The number of halogens is 1. The van der Waals surface area contributed by atoms with Gasteiger partial charge < -0.3 is 9.80 Å². The zero-order valence-electron chi connectivity index (χ0n) is 17.4. The van der Waals surface area contributed by atoms with E-state index in [0.29, 0.717) is 12.5 Å². The molecule has 7 atom stereocenters. The van der Waals surface area contributed by atoms with Crippen molar-refractivity contribution >= 4 is 11.8 Å². The van der Waals surface area contributed by atoms with E-state index in [9.17, 15) is 19.2 Å². The Morgan fingerprint density at radius 1 is 1.30 bits per heavy atom. The van der Waals surface area contributed by atoms with Crippen LogP contribution in [0.5, 0.6) is 0 Å². The molecule has 2 unspecified atom stereocenters. The van der Waals surface area contributed by atoms with Crippen LogP contribution >= 0.6 is 0 Å². The number of piperidine rings is 1. The first-order chi connectivity index (χ1) is 14.4. The molecular weight excluding hydrogens is 383 g/mol. The second kappa shape index (κ2) is 7.05. The smallest absolute Gasteiger partial charge is 0.240 e. The van der Waals surface area contributed by atoms with E-state index in [1.807, 2.05) is 29.7 Å². The highest BCUT2D eigenvalue weighted by Gasteiger charge is 2.55. The molecule has 0 N–H and O–H groups in total. The molecule has 7 heteroatoms. The number of fused-ring (bicyclic) bond motifs is 3. The Labute approximate surface area is 176 Å². The second-order valence-corrected chi connectivity index (χ2v) is 9.43.